The van der Waals surface area contributed by atoms with E-state index < -0.39 is 5.54 Å². The number of ether oxygens (including phenoxy) is 1. The first-order valence-electron chi connectivity index (χ1n) is 7.17. The molecule has 3 aromatic rings. The third kappa shape index (κ3) is 3.04. The fourth-order valence-corrected chi connectivity index (χ4v) is 2.40. The molecule has 5 heteroatoms. The summed E-state index contributed by atoms with van der Waals surface area (Å²) in [5, 5.41) is 0. The van der Waals surface area contributed by atoms with Gasteiger partial charge in [0.2, 0.25) is 0 Å². The molecule has 1 heterocycles. The molecule has 0 aliphatic carbocycles. The normalized spacial score (nSPS) is 11.8. The minimum Gasteiger partial charge on any atom is -0.457 e. The number of H-pyrrole nitrogens is 1. The SMILES string of the molecule is CC(C)(N)Cn1c(=O)[nH]c2cc(Oc3ccccc3)ccc21. The van der Waals surface area contributed by atoms with E-state index in [1.807, 2.05) is 62.4 Å². The van der Waals surface area contributed by atoms with Crippen LogP contribution in [0, 0.1) is 0 Å². The Kier molecular flexibility index (Phi) is 3.50. The number of hydrogen-bond donors (Lipinski definition) is 2. The number of nitrogens with one attached hydrogen (secondary N) is 1. The Balaban J connectivity index is 1.96. The number of aromatic amines is 1. The first-order valence-corrected chi connectivity index (χ1v) is 7.17. The molecule has 3 rings (SSSR count). The molecule has 1 aromatic heterocycles. The molecule has 0 aliphatic heterocycles. The lowest BCUT2D eigenvalue weighted by atomic mass is 10.1. The van der Waals surface area contributed by atoms with Crippen LogP contribution in [0.4, 0.5) is 0 Å². The predicted octanol–water partition coefficient (Wildman–Crippen LogP) is 2.86. The number of nitrogens with two attached hydrogens (primary N) is 1. The van der Waals surface area contributed by atoms with Crippen LogP contribution in [0.25, 0.3) is 11.0 Å². The minimum absolute atomic E-state index is 0.162. The van der Waals surface area contributed by atoms with Crippen molar-refractivity contribution in [1.82, 2.24) is 9.55 Å². The highest BCUT2D eigenvalue weighted by Crippen LogP contribution is 2.24. The summed E-state index contributed by atoms with van der Waals surface area (Å²) in [7, 11) is 0. The highest BCUT2D eigenvalue weighted by molar-refractivity contribution is 5.77. The number of imidazole rings is 1. The summed E-state index contributed by atoms with van der Waals surface area (Å²) in [5.41, 5.74) is 6.96. The largest absolute Gasteiger partial charge is 0.457 e. The summed E-state index contributed by atoms with van der Waals surface area (Å²) >= 11 is 0. The van der Waals surface area contributed by atoms with Gasteiger partial charge in [-0.15, -0.1) is 0 Å². The van der Waals surface area contributed by atoms with E-state index in [2.05, 4.69) is 4.98 Å². The number of fused-ring (bicyclic) bond motifs is 1. The zero-order valence-corrected chi connectivity index (χ0v) is 12.7. The van der Waals surface area contributed by atoms with Crippen molar-refractivity contribution in [1.29, 1.82) is 0 Å². The van der Waals surface area contributed by atoms with E-state index in [1.54, 1.807) is 4.57 Å². The average Bonchev–Trinajstić information content (AvgIpc) is 2.74. The minimum atomic E-state index is -0.460. The van der Waals surface area contributed by atoms with E-state index in [1.165, 1.54) is 0 Å². The molecule has 114 valence electrons. The van der Waals surface area contributed by atoms with Crippen LogP contribution in [-0.4, -0.2) is 15.1 Å². The maximum atomic E-state index is 12.1. The second kappa shape index (κ2) is 5.35. The monoisotopic (exact) mass is 297 g/mol. The molecule has 22 heavy (non-hydrogen) atoms. The van der Waals surface area contributed by atoms with Crippen molar-refractivity contribution in [3.8, 4) is 11.5 Å². The van der Waals surface area contributed by atoms with Gasteiger partial charge < -0.3 is 15.5 Å². The van der Waals surface area contributed by atoms with Crippen LogP contribution >= 0.6 is 0 Å². The Bertz CT molecular complexity index is 842. The fraction of sp³-hybridized carbons (Fsp3) is 0.235. The molecule has 0 spiro atoms. The molecule has 0 aliphatic rings. The van der Waals surface area contributed by atoms with Gasteiger partial charge in [0.15, 0.2) is 0 Å². The van der Waals surface area contributed by atoms with Crippen LogP contribution in [0.2, 0.25) is 0 Å². The summed E-state index contributed by atoms with van der Waals surface area (Å²) in [4.78, 5) is 14.9. The second-order valence-corrected chi connectivity index (χ2v) is 6.10. The smallest absolute Gasteiger partial charge is 0.326 e. The van der Waals surface area contributed by atoms with Crippen LogP contribution in [0.5, 0.6) is 11.5 Å². The van der Waals surface area contributed by atoms with Gasteiger partial charge in [0.05, 0.1) is 11.0 Å². The summed E-state index contributed by atoms with van der Waals surface area (Å²) in [6, 6.07) is 15.1. The van der Waals surface area contributed by atoms with Gasteiger partial charge in [0, 0.05) is 18.2 Å². The first-order chi connectivity index (χ1) is 10.4. The molecule has 0 fully saturated rings. The van der Waals surface area contributed by atoms with E-state index >= 15 is 0 Å². The van der Waals surface area contributed by atoms with Crippen LogP contribution in [-0.2, 0) is 6.54 Å². The van der Waals surface area contributed by atoms with Crippen molar-refractivity contribution in [2.75, 3.05) is 0 Å². The Morgan fingerprint density at radius 1 is 1.14 bits per heavy atom. The molecule has 5 nitrogen and oxygen atoms in total. The third-order valence-electron chi connectivity index (χ3n) is 3.29. The molecule has 0 saturated carbocycles. The fourth-order valence-electron chi connectivity index (χ4n) is 2.40. The molecule has 0 bridgehead atoms. The van der Waals surface area contributed by atoms with Gasteiger partial charge in [0.1, 0.15) is 11.5 Å². The quantitative estimate of drug-likeness (QED) is 0.777. The van der Waals surface area contributed by atoms with E-state index in [4.69, 9.17) is 10.5 Å². The molecular weight excluding hydrogens is 278 g/mol. The van der Waals surface area contributed by atoms with Gasteiger partial charge in [0.25, 0.3) is 0 Å². The maximum Gasteiger partial charge on any atom is 0.326 e. The van der Waals surface area contributed by atoms with Gasteiger partial charge in [-0.3, -0.25) is 4.57 Å². The molecule has 0 radical (unpaired) electrons. The Morgan fingerprint density at radius 2 is 1.86 bits per heavy atom. The Morgan fingerprint density at radius 3 is 2.55 bits per heavy atom. The van der Waals surface area contributed by atoms with E-state index in [-0.39, 0.29) is 5.69 Å². The lowest BCUT2D eigenvalue weighted by Gasteiger charge is -2.18. The topological polar surface area (TPSA) is 73.0 Å². The van der Waals surface area contributed by atoms with Gasteiger partial charge in [-0.05, 0) is 38.1 Å². The standard InChI is InChI=1S/C17H19N3O2/c1-17(2,18)11-20-15-9-8-13(10-14(15)19-16(20)21)22-12-6-4-3-5-7-12/h3-10H,11,18H2,1-2H3,(H,19,21). The Labute approximate surface area is 128 Å². The molecule has 2 aromatic carbocycles. The highest BCUT2D eigenvalue weighted by Gasteiger charge is 2.16. The van der Waals surface area contributed by atoms with Gasteiger partial charge in [-0.2, -0.15) is 0 Å². The van der Waals surface area contributed by atoms with Crippen LogP contribution in [0.1, 0.15) is 13.8 Å². The lowest BCUT2D eigenvalue weighted by Crippen LogP contribution is -2.39. The number of aromatic nitrogens is 2. The molecule has 0 atom stereocenters. The van der Waals surface area contributed by atoms with Crippen LogP contribution in [0.15, 0.2) is 53.3 Å². The summed E-state index contributed by atoms with van der Waals surface area (Å²) < 4.78 is 7.43. The molecular formula is C17H19N3O2. The van der Waals surface area contributed by atoms with E-state index in [0.717, 1.165) is 16.8 Å². The summed E-state index contributed by atoms with van der Waals surface area (Å²) in [5.74, 6) is 1.44. The lowest BCUT2D eigenvalue weighted by molar-refractivity contribution is 0.434. The van der Waals surface area contributed by atoms with Crippen LogP contribution < -0.4 is 16.2 Å². The zero-order chi connectivity index (χ0) is 15.7. The van der Waals surface area contributed by atoms with Crippen molar-refractivity contribution >= 4 is 11.0 Å². The third-order valence-corrected chi connectivity index (χ3v) is 3.29. The zero-order valence-electron chi connectivity index (χ0n) is 12.7. The van der Waals surface area contributed by atoms with Gasteiger partial charge in [-0.1, -0.05) is 18.2 Å². The number of rotatable bonds is 4. The summed E-state index contributed by atoms with van der Waals surface area (Å²) in [6.45, 7) is 4.24. The van der Waals surface area contributed by atoms with Crippen molar-refractivity contribution in [3.05, 3.63) is 59.0 Å². The van der Waals surface area contributed by atoms with E-state index in [9.17, 15) is 4.79 Å². The molecule has 0 saturated heterocycles. The average molecular weight is 297 g/mol. The predicted molar refractivity (Wildman–Crippen MR) is 87.3 cm³/mol. The second-order valence-electron chi connectivity index (χ2n) is 6.10. The van der Waals surface area contributed by atoms with Crippen molar-refractivity contribution in [3.63, 3.8) is 0 Å². The molecule has 0 amide bonds. The van der Waals surface area contributed by atoms with Crippen molar-refractivity contribution in [2.24, 2.45) is 5.73 Å². The molecule has 3 N–H and O–H groups in total. The van der Waals surface area contributed by atoms with Crippen molar-refractivity contribution < 1.29 is 4.74 Å². The van der Waals surface area contributed by atoms with Gasteiger partial charge >= 0.3 is 5.69 Å². The molecule has 0 unspecified atom stereocenters. The summed E-state index contributed by atoms with van der Waals surface area (Å²) in [6.07, 6.45) is 0. The van der Waals surface area contributed by atoms with Crippen molar-refractivity contribution in [2.45, 2.75) is 25.9 Å². The Hall–Kier alpha value is -2.53. The maximum absolute atomic E-state index is 12.1. The van der Waals surface area contributed by atoms with Crippen LogP contribution in [0.3, 0.4) is 0 Å². The number of para-hydroxylation sites is 1. The first kappa shape index (κ1) is 14.4. The number of nitrogens with zero attached hydrogens (tertiary/aromatic N) is 1. The van der Waals surface area contributed by atoms with Gasteiger partial charge in [-0.25, -0.2) is 4.79 Å². The number of hydrogen-bond acceptors (Lipinski definition) is 3. The highest BCUT2D eigenvalue weighted by atomic mass is 16.5. The number of benzene rings is 2. The van der Waals surface area contributed by atoms with E-state index in [0.29, 0.717) is 12.3 Å².